The first-order chi connectivity index (χ1) is 18.0. The first-order valence-electron chi connectivity index (χ1n) is 14.7. The molecule has 1 unspecified atom stereocenters. The molecule has 0 amide bonds. The van der Waals surface area contributed by atoms with Gasteiger partial charge in [-0.15, -0.1) is 0 Å². The van der Waals surface area contributed by atoms with Gasteiger partial charge in [0.05, 0.1) is 0 Å². The Kier molecular flexibility index (Phi) is 11.1. The average molecular weight is 516 g/mol. The molecule has 2 aliphatic carbocycles. The van der Waals surface area contributed by atoms with Crippen LogP contribution in [-0.4, -0.2) is 17.6 Å². The largest absolute Gasteiger partial charge is 0.324 e. The maximum Gasteiger partial charge on any atom is 0.166 e. The standard InChI is InChI=1S/C35H49NO2/c1-6-26-10-12-28(13-11-26)21-27-8-7-9-31(19-18-27)34(38)23-30-16-14-29(15-17-30)22-33(37)24-32(36)20-25(2)35(3,4)5/h8-9,14-20,26,28,32H,6-7,10-13,21-24,36H2,1-5H3/b25-20+. The molecule has 1 aromatic carbocycles. The van der Waals surface area contributed by atoms with E-state index in [4.69, 9.17) is 5.73 Å². The number of allylic oxidation sites excluding steroid dienone is 7. The Labute approximate surface area is 231 Å². The predicted octanol–water partition coefficient (Wildman–Crippen LogP) is 8.04. The molecule has 1 atom stereocenters. The molecule has 3 heteroatoms. The summed E-state index contributed by atoms with van der Waals surface area (Å²) in [5, 5.41) is 0. The van der Waals surface area contributed by atoms with E-state index >= 15 is 0 Å². The van der Waals surface area contributed by atoms with Crippen LogP contribution in [0.2, 0.25) is 0 Å². The molecular weight excluding hydrogens is 466 g/mol. The lowest BCUT2D eigenvalue weighted by molar-refractivity contribution is -0.118. The smallest absolute Gasteiger partial charge is 0.166 e. The summed E-state index contributed by atoms with van der Waals surface area (Å²) >= 11 is 0. The van der Waals surface area contributed by atoms with Gasteiger partial charge in [0.15, 0.2) is 5.78 Å². The number of carbonyl (C=O) groups excluding carboxylic acids is 2. The molecule has 0 aliphatic heterocycles. The molecule has 3 nitrogen and oxygen atoms in total. The van der Waals surface area contributed by atoms with Crippen LogP contribution in [0.1, 0.15) is 97.1 Å². The van der Waals surface area contributed by atoms with Gasteiger partial charge in [0.2, 0.25) is 0 Å². The van der Waals surface area contributed by atoms with Crippen LogP contribution in [0.4, 0.5) is 0 Å². The van der Waals surface area contributed by atoms with Crippen LogP contribution in [0.25, 0.3) is 0 Å². The molecule has 0 radical (unpaired) electrons. The van der Waals surface area contributed by atoms with E-state index in [-0.39, 0.29) is 23.0 Å². The van der Waals surface area contributed by atoms with E-state index in [2.05, 4.69) is 52.8 Å². The lowest BCUT2D eigenvalue weighted by Gasteiger charge is -2.28. The highest BCUT2D eigenvalue weighted by Gasteiger charge is 2.21. The molecule has 1 aromatic rings. The van der Waals surface area contributed by atoms with E-state index in [0.717, 1.165) is 41.4 Å². The van der Waals surface area contributed by atoms with Crippen molar-refractivity contribution in [1.29, 1.82) is 0 Å². The van der Waals surface area contributed by atoms with Gasteiger partial charge < -0.3 is 5.73 Å². The molecular formula is C35H49NO2. The Morgan fingerprint density at radius 1 is 0.947 bits per heavy atom. The molecule has 0 aromatic heterocycles. The van der Waals surface area contributed by atoms with Crippen molar-refractivity contribution < 1.29 is 9.59 Å². The SMILES string of the molecule is CCC1CCC(CC2=CCC=C(C(=O)Cc3ccc(CC(=O)CC(N)/C=C(\C)C(C)(C)C)cc3)C=C2)CC1. The Morgan fingerprint density at radius 2 is 1.55 bits per heavy atom. The number of nitrogens with two attached hydrogens (primary N) is 1. The number of hydrogen-bond acceptors (Lipinski definition) is 3. The van der Waals surface area contributed by atoms with Crippen molar-refractivity contribution in [3.05, 3.63) is 82.5 Å². The number of ketones is 2. The Balaban J connectivity index is 1.47. The number of Topliss-reactive ketones (excluding diaryl/α,β-unsaturated/α-hetero) is 2. The lowest BCUT2D eigenvalue weighted by atomic mass is 9.78. The lowest BCUT2D eigenvalue weighted by Crippen LogP contribution is -2.24. The molecule has 206 valence electrons. The second-order valence-electron chi connectivity index (χ2n) is 12.6. The van der Waals surface area contributed by atoms with Crippen LogP contribution in [-0.2, 0) is 22.4 Å². The van der Waals surface area contributed by atoms with Crippen LogP contribution < -0.4 is 5.73 Å². The minimum atomic E-state index is -0.259. The maximum atomic E-state index is 13.0. The zero-order valence-electron chi connectivity index (χ0n) is 24.4. The van der Waals surface area contributed by atoms with E-state index < -0.39 is 0 Å². The van der Waals surface area contributed by atoms with Crippen LogP contribution in [0.3, 0.4) is 0 Å². The highest BCUT2D eigenvalue weighted by atomic mass is 16.1. The molecule has 3 rings (SSSR count). The fraction of sp³-hybridized carbons (Fsp3) is 0.543. The third-order valence-electron chi connectivity index (χ3n) is 8.48. The van der Waals surface area contributed by atoms with Crippen LogP contribution in [0.15, 0.2) is 71.4 Å². The summed E-state index contributed by atoms with van der Waals surface area (Å²) in [5.41, 5.74) is 11.6. The maximum absolute atomic E-state index is 13.0. The predicted molar refractivity (Wildman–Crippen MR) is 160 cm³/mol. The topological polar surface area (TPSA) is 60.2 Å². The second kappa shape index (κ2) is 14.0. The zero-order valence-corrected chi connectivity index (χ0v) is 24.4. The minimum absolute atomic E-state index is 0.0584. The van der Waals surface area contributed by atoms with Crippen LogP contribution in [0, 0.1) is 17.3 Å². The van der Waals surface area contributed by atoms with Crippen molar-refractivity contribution in [2.75, 3.05) is 0 Å². The fourth-order valence-corrected chi connectivity index (χ4v) is 5.46. The van der Waals surface area contributed by atoms with Crippen molar-refractivity contribution in [3.63, 3.8) is 0 Å². The van der Waals surface area contributed by atoms with E-state index in [0.29, 0.717) is 19.3 Å². The summed E-state index contributed by atoms with van der Waals surface area (Å²) in [4.78, 5) is 25.6. The molecule has 0 saturated heterocycles. The second-order valence-corrected chi connectivity index (χ2v) is 12.6. The normalized spacial score (nSPS) is 21.4. The molecule has 0 spiro atoms. The molecule has 1 fully saturated rings. The van der Waals surface area contributed by atoms with E-state index in [9.17, 15) is 9.59 Å². The van der Waals surface area contributed by atoms with Crippen molar-refractivity contribution in [3.8, 4) is 0 Å². The molecule has 0 bridgehead atoms. The van der Waals surface area contributed by atoms with Gasteiger partial charge in [0, 0.05) is 30.9 Å². The Morgan fingerprint density at radius 3 is 2.16 bits per heavy atom. The molecule has 38 heavy (non-hydrogen) atoms. The third kappa shape index (κ3) is 9.66. The summed E-state index contributed by atoms with van der Waals surface area (Å²) in [5.74, 6) is 2.00. The minimum Gasteiger partial charge on any atom is -0.324 e. The third-order valence-corrected chi connectivity index (χ3v) is 8.48. The summed E-state index contributed by atoms with van der Waals surface area (Å²) < 4.78 is 0. The summed E-state index contributed by atoms with van der Waals surface area (Å²) in [6.45, 7) is 10.8. The van der Waals surface area contributed by atoms with Gasteiger partial charge in [-0.05, 0) is 61.0 Å². The highest BCUT2D eigenvalue weighted by molar-refractivity contribution is 5.99. The first-order valence-corrected chi connectivity index (χ1v) is 14.7. The quantitative estimate of drug-likeness (QED) is 0.303. The number of carbonyl (C=O) groups is 2. The van der Waals surface area contributed by atoms with Gasteiger partial charge in [0.25, 0.3) is 0 Å². The first kappa shape index (κ1) is 30.0. The zero-order chi connectivity index (χ0) is 27.7. The number of benzene rings is 1. The average Bonchev–Trinajstić information content (AvgIpc) is 3.10. The summed E-state index contributed by atoms with van der Waals surface area (Å²) in [6, 6.07) is 7.62. The fourth-order valence-electron chi connectivity index (χ4n) is 5.46. The van der Waals surface area contributed by atoms with Gasteiger partial charge in [-0.1, -0.05) is 113 Å². The van der Waals surface area contributed by atoms with E-state index in [1.54, 1.807) is 0 Å². The van der Waals surface area contributed by atoms with Crippen LogP contribution >= 0.6 is 0 Å². The van der Waals surface area contributed by atoms with Crippen molar-refractivity contribution in [1.82, 2.24) is 0 Å². The summed E-state index contributed by atoms with van der Waals surface area (Å²) in [7, 11) is 0. The van der Waals surface area contributed by atoms with E-state index in [1.165, 1.54) is 43.3 Å². The monoisotopic (exact) mass is 515 g/mol. The van der Waals surface area contributed by atoms with E-state index in [1.807, 2.05) is 36.4 Å². The van der Waals surface area contributed by atoms with Gasteiger partial charge in [-0.25, -0.2) is 0 Å². The number of hydrogen-bond donors (Lipinski definition) is 1. The van der Waals surface area contributed by atoms with Gasteiger partial charge in [-0.3, -0.25) is 9.59 Å². The van der Waals surface area contributed by atoms with Gasteiger partial charge in [-0.2, -0.15) is 0 Å². The van der Waals surface area contributed by atoms with Crippen molar-refractivity contribution in [2.45, 2.75) is 105 Å². The Bertz CT molecular complexity index is 1070. The van der Waals surface area contributed by atoms with Gasteiger partial charge >= 0.3 is 0 Å². The van der Waals surface area contributed by atoms with Crippen molar-refractivity contribution in [2.24, 2.45) is 23.0 Å². The number of rotatable bonds is 11. The van der Waals surface area contributed by atoms with Crippen LogP contribution in [0.5, 0.6) is 0 Å². The van der Waals surface area contributed by atoms with Gasteiger partial charge in [0.1, 0.15) is 5.78 Å². The summed E-state index contributed by atoms with van der Waals surface area (Å²) in [6.07, 6.45) is 20.3. The molecule has 2 aliphatic rings. The molecule has 2 N–H and O–H groups in total. The highest BCUT2D eigenvalue weighted by Crippen LogP contribution is 2.34. The van der Waals surface area contributed by atoms with Crippen molar-refractivity contribution >= 4 is 11.6 Å². The Hall–Kier alpha value is -2.52. The molecule has 0 heterocycles. The molecule has 1 saturated carbocycles.